The number of ether oxygens (including phenoxy) is 1. The minimum Gasteiger partial charge on any atom is -0.496 e. The summed E-state index contributed by atoms with van der Waals surface area (Å²) in [5, 5.41) is 3.27. The van der Waals surface area contributed by atoms with Gasteiger partial charge in [-0.25, -0.2) is 4.98 Å². The van der Waals surface area contributed by atoms with Gasteiger partial charge >= 0.3 is 0 Å². The van der Waals surface area contributed by atoms with E-state index in [1.807, 2.05) is 12.4 Å². The van der Waals surface area contributed by atoms with E-state index >= 15 is 0 Å². The van der Waals surface area contributed by atoms with Crippen molar-refractivity contribution in [2.75, 3.05) is 13.7 Å². The van der Waals surface area contributed by atoms with Crippen molar-refractivity contribution < 1.29 is 4.74 Å². The van der Waals surface area contributed by atoms with Crippen molar-refractivity contribution >= 4 is 0 Å². The van der Waals surface area contributed by atoms with Crippen molar-refractivity contribution in [1.82, 2.24) is 14.9 Å². The summed E-state index contributed by atoms with van der Waals surface area (Å²) >= 11 is 0. The highest BCUT2D eigenvalue weighted by molar-refractivity contribution is 5.37. The highest BCUT2D eigenvalue weighted by Crippen LogP contribution is 2.20. The number of aromatic nitrogens is 2. The minimum atomic E-state index is 0.782. The fourth-order valence-corrected chi connectivity index (χ4v) is 2.06. The van der Waals surface area contributed by atoms with E-state index < -0.39 is 0 Å². The number of hydrogen-bond acceptors (Lipinski definition) is 3. The summed E-state index contributed by atoms with van der Waals surface area (Å²) in [6.07, 6.45) is 3.94. The Bertz CT molecular complexity index is 534. The van der Waals surface area contributed by atoms with Crippen LogP contribution in [0.15, 0.2) is 30.7 Å². The summed E-state index contributed by atoms with van der Waals surface area (Å²) in [4.78, 5) is 4.39. The van der Waals surface area contributed by atoms with Crippen molar-refractivity contribution in [3.05, 3.63) is 47.5 Å². The molecular weight excluding hydrogens is 238 g/mol. The number of methoxy groups -OCH3 is 1. The van der Waals surface area contributed by atoms with Crippen molar-refractivity contribution in [1.29, 1.82) is 0 Å². The Morgan fingerprint density at radius 2 is 2.21 bits per heavy atom. The lowest BCUT2D eigenvalue weighted by Crippen LogP contribution is -2.11. The number of rotatable bonds is 6. The first-order valence-electron chi connectivity index (χ1n) is 6.57. The quantitative estimate of drug-likeness (QED) is 0.865. The Labute approximate surface area is 114 Å². The Morgan fingerprint density at radius 1 is 1.37 bits per heavy atom. The van der Waals surface area contributed by atoms with Gasteiger partial charge in [-0.3, -0.25) is 0 Å². The van der Waals surface area contributed by atoms with Crippen molar-refractivity contribution in [2.45, 2.75) is 26.9 Å². The molecule has 0 saturated heterocycles. The normalized spacial score (nSPS) is 10.7. The molecule has 1 heterocycles. The molecule has 2 aromatic rings. The predicted molar refractivity (Wildman–Crippen MR) is 76.4 cm³/mol. The summed E-state index contributed by atoms with van der Waals surface area (Å²) in [6, 6.07) is 6.23. The maximum atomic E-state index is 5.40. The van der Waals surface area contributed by atoms with Gasteiger partial charge < -0.3 is 14.6 Å². The molecule has 1 aromatic carbocycles. The highest BCUT2D eigenvalue weighted by atomic mass is 16.5. The molecule has 0 atom stereocenters. The molecule has 0 spiro atoms. The molecule has 0 aliphatic heterocycles. The van der Waals surface area contributed by atoms with Crippen LogP contribution in [-0.4, -0.2) is 23.2 Å². The van der Waals surface area contributed by atoms with Crippen LogP contribution in [0.1, 0.15) is 23.7 Å². The van der Waals surface area contributed by atoms with Gasteiger partial charge in [-0.2, -0.15) is 0 Å². The average Bonchev–Trinajstić information content (AvgIpc) is 2.84. The monoisotopic (exact) mass is 259 g/mol. The minimum absolute atomic E-state index is 0.782. The fraction of sp³-hybridized carbons (Fsp3) is 0.400. The standard InChI is InChI=1S/C15H21N3O/c1-4-16-8-14-10-18(11-17-14)9-13-7-12(2)5-6-15(13)19-3/h5-7,10-11,16H,4,8-9H2,1-3H3. The van der Waals surface area contributed by atoms with E-state index in [2.05, 4.69) is 47.0 Å². The molecule has 1 aromatic heterocycles. The summed E-state index contributed by atoms with van der Waals surface area (Å²) < 4.78 is 7.49. The summed E-state index contributed by atoms with van der Waals surface area (Å²) in [5.74, 6) is 0.924. The smallest absolute Gasteiger partial charge is 0.123 e. The molecule has 0 saturated carbocycles. The second-order valence-corrected chi connectivity index (χ2v) is 4.63. The van der Waals surface area contributed by atoms with Gasteiger partial charge in [0.1, 0.15) is 5.75 Å². The fourth-order valence-electron chi connectivity index (χ4n) is 2.06. The third kappa shape index (κ3) is 3.58. The summed E-state index contributed by atoms with van der Waals surface area (Å²) in [7, 11) is 1.71. The van der Waals surface area contributed by atoms with Crippen LogP contribution in [0.2, 0.25) is 0 Å². The average molecular weight is 259 g/mol. The maximum Gasteiger partial charge on any atom is 0.123 e. The van der Waals surface area contributed by atoms with E-state index in [1.54, 1.807) is 7.11 Å². The molecule has 4 heteroatoms. The zero-order chi connectivity index (χ0) is 13.7. The molecule has 0 bridgehead atoms. The molecule has 1 N–H and O–H groups in total. The number of nitrogens with one attached hydrogen (secondary N) is 1. The first kappa shape index (κ1) is 13.6. The maximum absolute atomic E-state index is 5.40. The number of imidazole rings is 1. The number of nitrogens with zero attached hydrogens (tertiary/aromatic N) is 2. The van der Waals surface area contributed by atoms with Crippen LogP contribution >= 0.6 is 0 Å². The number of benzene rings is 1. The molecule has 0 fully saturated rings. The van der Waals surface area contributed by atoms with Gasteiger partial charge in [0.25, 0.3) is 0 Å². The van der Waals surface area contributed by atoms with Gasteiger partial charge in [0.05, 0.1) is 25.7 Å². The Kier molecular flexibility index (Phi) is 4.58. The Morgan fingerprint density at radius 3 is 2.95 bits per heavy atom. The van der Waals surface area contributed by atoms with Crippen LogP contribution < -0.4 is 10.1 Å². The molecule has 0 amide bonds. The second kappa shape index (κ2) is 6.38. The molecule has 0 radical (unpaired) electrons. The van der Waals surface area contributed by atoms with Crippen LogP contribution in [0.25, 0.3) is 0 Å². The van der Waals surface area contributed by atoms with E-state index in [9.17, 15) is 0 Å². The lowest BCUT2D eigenvalue weighted by Gasteiger charge is -2.09. The number of hydrogen-bond donors (Lipinski definition) is 1. The topological polar surface area (TPSA) is 39.1 Å². The first-order chi connectivity index (χ1) is 9.22. The van der Waals surface area contributed by atoms with E-state index in [0.29, 0.717) is 0 Å². The summed E-state index contributed by atoms with van der Waals surface area (Å²) in [5.41, 5.74) is 3.48. The van der Waals surface area contributed by atoms with Gasteiger partial charge in [-0.05, 0) is 19.5 Å². The Hall–Kier alpha value is -1.81. The van der Waals surface area contributed by atoms with E-state index in [-0.39, 0.29) is 0 Å². The van der Waals surface area contributed by atoms with Gasteiger partial charge in [0.2, 0.25) is 0 Å². The van der Waals surface area contributed by atoms with E-state index in [4.69, 9.17) is 4.74 Å². The van der Waals surface area contributed by atoms with Crippen LogP contribution in [0, 0.1) is 6.92 Å². The predicted octanol–water partition coefficient (Wildman–Crippen LogP) is 2.36. The van der Waals surface area contributed by atoms with E-state index in [1.165, 1.54) is 11.1 Å². The molecule has 102 valence electrons. The van der Waals surface area contributed by atoms with Crippen molar-refractivity contribution in [2.24, 2.45) is 0 Å². The van der Waals surface area contributed by atoms with Crippen molar-refractivity contribution in [3.63, 3.8) is 0 Å². The van der Waals surface area contributed by atoms with Crippen LogP contribution in [0.3, 0.4) is 0 Å². The third-order valence-corrected chi connectivity index (χ3v) is 3.03. The van der Waals surface area contributed by atoms with Crippen LogP contribution in [0.5, 0.6) is 5.75 Å². The van der Waals surface area contributed by atoms with Gasteiger partial charge in [-0.1, -0.05) is 24.6 Å². The highest BCUT2D eigenvalue weighted by Gasteiger charge is 2.05. The molecule has 0 aliphatic rings. The Balaban J connectivity index is 2.12. The third-order valence-electron chi connectivity index (χ3n) is 3.03. The molecule has 19 heavy (non-hydrogen) atoms. The zero-order valence-corrected chi connectivity index (χ0v) is 11.8. The van der Waals surface area contributed by atoms with Crippen LogP contribution in [-0.2, 0) is 13.1 Å². The summed E-state index contributed by atoms with van der Waals surface area (Å²) in [6.45, 7) is 6.74. The van der Waals surface area contributed by atoms with E-state index in [0.717, 1.165) is 31.1 Å². The lowest BCUT2D eigenvalue weighted by molar-refractivity contribution is 0.408. The molecule has 4 nitrogen and oxygen atoms in total. The van der Waals surface area contributed by atoms with Gasteiger partial charge in [0, 0.05) is 18.3 Å². The molecular formula is C15H21N3O. The number of aryl methyl sites for hydroxylation is 1. The molecule has 0 unspecified atom stereocenters. The second-order valence-electron chi connectivity index (χ2n) is 4.63. The molecule has 2 rings (SSSR count). The van der Waals surface area contributed by atoms with Gasteiger partial charge in [0.15, 0.2) is 0 Å². The van der Waals surface area contributed by atoms with Crippen molar-refractivity contribution in [3.8, 4) is 5.75 Å². The SMILES string of the molecule is CCNCc1cn(Cc2cc(C)ccc2OC)cn1. The largest absolute Gasteiger partial charge is 0.496 e. The van der Waals surface area contributed by atoms with Gasteiger partial charge in [-0.15, -0.1) is 0 Å². The molecule has 0 aliphatic carbocycles. The van der Waals surface area contributed by atoms with Crippen LogP contribution in [0.4, 0.5) is 0 Å². The zero-order valence-electron chi connectivity index (χ0n) is 11.8. The lowest BCUT2D eigenvalue weighted by atomic mass is 10.1. The first-order valence-corrected chi connectivity index (χ1v) is 6.57.